The largest absolute Gasteiger partial charge is 0.260 e. The number of rotatable bonds is 2. The van der Waals surface area contributed by atoms with E-state index in [1.54, 1.807) is 6.20 Å². The zero-order valence-electron chi connectivity index (χ0n) is 10.5. The van der Waals surface area contributed by atoms with Crippen LogP contribution in [0.2, 0.25) is 0 Å². The van der Waals surface area contributed by atoms with Gasteiger partial charge in [0.2, 0.25) is 0 Å². The van der Waals surface area contributed by atoms with E-state index in [1.807, 2.05) is 29.0 Å². The van der Waals surface area contributed by atoms with Crippen LogP contribution in [-0.4, -0.2) is 19.6 Å². The Bertz CT molecular complexity index is 680. The molecule has 0 aromatic carbocycles. The highest BCUT2D eigenvalue weighted by atomic mass is 15.2. The van der Waals surface area contributed by atoms with Crippen LogP contribution < -0.4 is 0 Å². The third kappa shape index (κ3) is 1.49. The van der Waals surface area contributed by atoms with Gasteiger partial charge >= 0.3 is 0 Å². The molecule has 4 heteroatoms. The van der Waals surface area contributed by atoms with Gasteiger partial charge in [0, 0.05) is 24.7 Å². The first-order chi connectivity index (χ1) is 9.38. The van der Waals surface area contributed by atoms with Crippen molar-refractivity contribution in [2.45, 2.75) is 24.7 Å². The molecule has 0 saturated heterocycles. The van der Waals surface area contributed by atoms with Crippen molar-refractivity contribution in [3.8, 4) is 0 Å². The van der Waals surface area contributed by atoms with Crippen molar-refractivity contribution >= 4 is 5.65 Å². The van der Waals surface area contributed by atoms with Gasteiger partial charge in [-0.3, -0.25) is 4.98 Å². The van der Waals surface area contributed by atoms with E-state index in [-0.39, 0.29) is 5.41 Å². The molecule has 94 valence electrons. The van der Waals surface area contributed by atoms with Gasteiger partial charge in [0.25, 0.3) is 0 Å². The summed E-state index contributed by atoms with van der Waals surface area (Å²) < 4.78 is 1.85. The molecule has 0 N–H and O–H groups in total. The molecule has 3 heterocycles. The van der Waals surface area contributed by atoms with Gasteiger partial charge in [-0.1, -0.05) is 12.5 Å². The molecule has 0 amide bonds. The quantitative estimate of drug-likeness (QED) is 0.702. The van der Waals surface area contributed by atoms with Crippen LogP contribution in [-0.2, 0) is 5.41 Å². The Morgan fingerprint density at radius 2 is 1.89 bits per heavy atom. The summed E-state index contributed by atoms with van der Waals surface area (Å²) in [5.41, 5.74) is 3.12. The fourth-order valence-electron chi connectivity index (χ4n) is 2.88. The monoisotopic (exact) mass is 250 g/mol. The lowest BCUT2D eigenvalue weighted by Gasteiger charge is -2.39. The molecule has 0 unspecified atom stereocenters. The molecule has 19 heavy (non-hydrogen) atoms. The second-order valence-corrected chi connectivity index (χ2v) is 5.10. The molecule has 4 rings (SSSR count). The van der Waals surface area contributed by atoms with Crippen molar-refractivity contribution in [1.29, 1.82) is 0 Å². The van der Waals surface area contributed by atoms with Gasteiger partial charge in [0.1, 0.15) is 0 Å². The summed E-state index contributed by atoms with van der Waals surface area (Å²) in [5, 5.41) is 4.70. The number of nitrogens with zero attached hydrogens (tertiary/aromatic N) is 4. The van der Waals surface area contributed by atoms with Crippen molar-refractivity contribution in [2.75, 3.05) is 0 Å². The van der Waals surface area contributed by atoms with Crippen LogP contribution in [0.5, 0.6) is 0 Å². The predicted octanol–water partition coefficient (Wildman–Crippen LogP) is 2.59. The van der Waals surface area contributed by atoms with E-state index < -0.39 is 0 Å². The number of pyridine rings is 1. The summed E-state index contributed by atoms with van der Waals surface area (Å²) in [6, 6.07) is 10.1. The average Bonchev–Trinajstić information content (AvgIpc) is 2.82. The van der Waals surface area contributed by atoms with Crippen molar-refractivity contribution in [1.82, 2.24) is 19.6 Å². The fraction of sp³-hybridized carbons (Fsp3) is 0.267. The van der Waals surface area contributed by atoms with E-state index in [9.17, 15) is 0 Å². The van der Waals surface area contributed by atoms with Crippen LogP contribution in [0, 0.1) is 0 Å². The van der Waals surface area contributed by atoms with Gasteiger partial charge in [-0.15, -0.1) is 0 Å². The van der Waals surface area contributed by atoms with Crippen molar-refractivity contribution in [2.24, 2.45) is 0 Å². The Kier molecular flexibility index (Phi) is 2.18. The predicted molar refractivity (Wildman–Crippen MR) is 71.9 cm³/mol. The molecule has 4 nitrogen and oxygen atoms in total. The van der Waals surface area contributed by atoms with E-state index in [0.717, 1.165) is 29.9 Å². The molecule has 1 aliphatic carbocycles. The van der Waals surface area contributed by atoms with Crippen LogP contribution in [0.15, 0.2) is 48.9 Å². The Morgan fingerprint density at radius 1 is 1.00 bits per heavy atom. The summed E-state index contributed by atoms with van der Waals surface area (Å²) in [4.78, 5) is 8.90. The fourth-order valence-corrected chi connectivity index (χ4v) is 2.88. The molecular weight excluding hydrogens is 236 g/mol. The molecule has 1 saturated carbocycles. The molecule has 0 spiro atoms. The molecule has 0 aliphatic heterocycles. The van der Waals surface area contributed by atoms with E-state index in [2.05, 4.69) is 28.2 Å². The van der Waals surface area contributed by atoms with Gasteiger partial charge in [-0.2, -0.15) is 5.10 Å². The Labute approximate surface area is 111 Å². The van der Waals surface area contributed by atoms with Gasteiger partial charge in [0.05, 0.1) is 16.8 Å². The third-order valence-corrected chi connectivity index (χ3v) is 4.09. The lowest BCUT2D eigenvalue weighted by atomic mass is 9.64. The van der Waals surface area contributed by atoms with Gasteiger partial charge in [-0.05, 0) is 31.0 Å². The molecule has 3 aromatic rings. The van der Waals surface area contributed by atoms with E-state index >= 15 is 0 Å². The minimum Gasteiger partial charge on any atom is -0.260 e. The molecule has 0 bridgehead atoms. The van der Waals surface area contributed by atoms with E-state index in [1.165, 1.54) is 6.42 Å². The van der Waals surface area contributed by atoms with Crippen LogP contribution in [0.3, 0.4) is 0 Å². The molecule has 0 atom stereocenters. The first-order valence-corrected chi connectivity index (χ1v) is 6.61. The summed E-state index contributed by atoms with van der Waals surface area (Å²) in [6.07, 6.45) is 9.08. The summed E-state index contributed by atoms with van der Waals surface area (Å²) in [7, 11) is 0. The number of hydrogen-bond acceptors (Lipinski definition) is 3. The zero-order chi connectivity index (χ0) is 12.7. The van der Waals surface area contributed by atoms with E-state index in [4.69, 9.17) is 5.10 Å². The van der Waals surface area contributed by atoms with Gasteiger partial charge in [0.15, 0.2) is 5.65 Å². The minimum absolute atomic E-state index is 0.00500. The number of aromatic nitrogens is 4. The maximum absolute atomic E-state index is 4.70. The highest BCUT2D eigenvalue weighted by Crippen LogP contribution is 2.47. The second-order valence-electron chi connectivity index (χ2n) is 5.10. The third-order valence-electron chi connectivity index (χ3n) is 4.09. The topological polar surface area (TPSA) is 43.1 Å². The summed E-state index contributed by atoms with van der Waals surface area (Å²) in [6.45, 7) is 0. The Balaban J connectivity index is 1.89. The summed E-state index contributed by atoms with van der Waals surface area (Å²) >= 11 is 0. The van der Waals surface area contributed by atoms with Crippen LogP contribution in [0.4, 0.5) is 0 Å². The zero-order valence-corrected chi connectivity index (χ0v) is 10.5. The lowest BCUT2D eigenvalue weighted by molar-refractivity contribution is 0.285. The highest BCUT2D eigenvalue weighted by molar-refractivity contribution is 5.45. The minimum atomic E-state index is -0.00500. The smallest absolute Gasteiger partial charge is 0.155 e. The maximum Gasteiger partial charge on any atom is 0.155 e. The number of hydrogen-bond donors (Lipinski definition) is 0. The normalized spacial score (nSPS) is 17.3. The van der Waals surface area contributed by atoms with Crippen LogP contribution in [0.25, 0.3) is 5.65 Å². The van der Waals surface area contributed by atoms with Crippen LogP contribution >= 0.6 is 0 Å². The average molecular weight is 250 g/mol. The van der Waals surface area contributed by atoms with Crippen molar-refractivity contribution < 1.29 is 0 Å². The molecule has 1 fully saturated rings. The van der Waals surface area contributed by atoms with Crippen molar-refractivity contribution in [3.63, 3.8) is 0 Å². The molecule has 3 aromatic heterocycles. The van der Waals surface area contributed by atoms with Gasteiger partial charge < -0.3 is 0 Å². The number of fused-ring (bicyclic) bond motifs is 1. The molecule has 1 aliphatic rings. The van der Waals surface area contributed by atoms with Gasteiger partial charge in [-0.25, -0.2) is 9.50 Å². The summed E-state index contributed by atoms with van der Waals surface area (Å²) in [5.74, 6) is 0. The SMILES string of the molecule is c1ccc(C2(c3cc4ncccn4n3)CCC2)nc1. The van der Waals surface area contributed by atoms with E-state index in [0.29, 0.717) is 0 Å². The maximum atomic E-state index is 4.70. The van der Waals surface area contributed by atoms with Crippen LogP contribution in [0.1, 0.15) is 30.7 Å². The standard InChI is InChI=1S/C15H14N4/c1-2-8-16-12(5-1)15(6-3-7-15)13-11-14-17-9-4-10-19(14)18-13/h1-2,4-5,8-11H,3,6-7H2. The first-order valence-electron chi connectivity index (χ1n) is 6.61. The molecular formula is C15H14N4. The van der Waals surface area contributed by atoms with Crippen molar-refractivity contribution in [3.05, 3.63) is 60.3 Å². The Hall–Kier alpha value is -2.23. The molecule has 0 radical (unpaired) electrons. The highest BCUT2D eigenvalue weighted by Gasteiger charge is 2.43. The Morgan fingerprint density at radius 3 is 2.58 bits per heavy atom. The second kappa shape index (κ2) is 3.88. The first kappa shape index (κ1) is 10.7. The lowest BCUT2D eigenvalue weighted by Crippen LogP contribution is -2.36.